The molecule has 0 spiro atoms. The van der Waals surface area contributed by atoms with Gasteiger partial charge in [0, 0.05) is 0 Å². The van der Waals surface area contributed by atoms with E-state index in [2.05, 4.69) is 40.7 Å². The number of rotatable bonds is 5. The van der Waals surface area contributed by atoms with Crippen LogP contribution in [0.5, 0.6) is 5.75 Å². The number of hydrogen-bond acceptors (Lipinski definition) is 1. The molecule has 0 aliphatic rings. The van der Waals surface area contributed by atoms with Gasteiger partial charge in [0.05, 0.1) is 0 Å². The molecule has 1 rings (SSSR count). The molecule has 0 aromatic heterocycles. The molecule has 0 unspecified atom stereocenters. The molecule has 0 radical (unpaired) electrons. The minimum absolute atomic E-state index is 0.193. The number of hydrogen-bond donors (Lipinski definition) is 1. The van der Waals surface area contributed by atoms with Gasteiger partial charge in [-0.2, -0.15) is 0 Å². The van der Waals surface area contributed by atoms with E-state index in [1.54, 1.807) is 0 Å². The van der Waals surface area contributed by atoms with Gasteiger partial charge in [-0.15, -0.1) is 0 Å². The Morgan fingerprint density at radius 2 is 1.82 bits per heavy atom. The molecule has 96 valence electrons. The zero-order valence-electron chi connectivity index (χ0n) is 11.9. The summed E-state index contributed by atoms with van der Waals surface area (Å²) in [6.45, 7) is 11.0. The molecule has 0 saturated carbocycles. The summed E-state index contributed by atoms with van der Waals surface area (Å²) in [5, 5.41) is 9.98. The second-order valence-corrected chi connectivity index (χ2v) is 5.64. The molecule has 1 nitrogen and oxygen atoms in total. The Morgan fingerprint density at radius 1 is 1.18 bits per heavy atom. The number of aryl methyl sites for hydroxylation is 2. The Balaban J connectivity index is 3.14. The van der Waals surface area contributed by atoms with Gasteiger partial charge < -0.3 is 5.11 Å². The summed E-state index contributed by atoms with van der Waals surface area (Å²) in [6, 6.07) is 4.14. The number of benzene rings is 1. The van der Waals surface area contributed by atoms with Crippen molar-refractivity contribution in [1.29, 1.82) is 0 Å². The zero-order valence-corrected chi connectivity index (χ0v) is 11.9. The van der Waals surface area contributed by atoms with Crippen LogP contribution >= 0.6 is 0 Å². The predicted molar refractivity (Wildman–Crippen MR) is 74.8 cm³/mol. The zero-order chi connectivity index (χ0) is 13.1. The largest absolute Gasteiger partial charge is 0.508 e. The Hall–Kier alpha value is -0.980. The third kappa shape index (κ3) is 3.24. The van der Waals surface area contributed by atoms with Crippen molar-refractivity contribution in [2.24, 2.45) is 0 Å². The monoisotopic (exact) mass is 234 g/mol. The molecular formula is C16H26O. The standard InChI is InChI=1S/C16H26O/c1-6-8-9-13-11-14(16(4,5)7-2)12(3)10-15(13)17/h10-11,17H,6-9H2,1-5H3. The van der Waals surface area contributed by atoms with E-state index in [0.717, 1.165) is 24.8 Å². The smallest absolute Gasteiger partial charge is 0.119 e. The average Bonchev–Trinajstić information content (AvgIpc) is 2.27. The van der Waals surface area contributed by atoms with Gasteiger partial charge in [0.15, 0.2) is 0 Å². The average molecular weight is 234 g/mol. The van der Waals surface area contributed by atoms with E-state index >= 15 is 0 Å². The van der Waals surface area contributed by atoms with Crippen molar-refractivity contribution in [1.82, 2.24) is 0 Å². The highest BCUT2D eigenvalue weighted by Crippen LogP contribution is 2.33. The molecule has 0 aliphatic heterocycles. The molecule has 0 heterocycles. The van der Waals surface area contributed by atoms with E-state index in [9.17, 15) is 5.11 Å². The third-order valence-corrected chi connectivity index (χ3v) is 3.84. The van der Waals surface area contributed by atoms with Crippen LogP contribution in [0, 0.1) is 6.92 Å². The van der Waals surface area contributed by atoms with E-state index < -0.39 is 0 Å². The maximum absolute atomic E-state index is 9.98. The van der Waals surface area contributed by atoms with Gasteiger partial charge in [0.2, 0.25) is 0 Å². The van der Waals surface area contributed by atoms with Crippen LogP contribution in [0.15, 0.2) is 12.1 Å². The first-order chi connectivity index (χ1) is 7.92. The summed E-state index contributed by atoms with van der Waals surface area (Å²) in [6.07, 6.45) is 4.41. The topological polar surface area (TPSA) is 20.2 Å². The summed E-state index contributed by atoms with van der Waals surface area (Å²) >= 11 is 0. The van der Waals surface area contributed by atoms with Crippen LogP contribution in [-0.4, -0.2) is 5.11 Å². The predicted octanol–water partition coefficient (Wildman–Crippen LogP) is 4.73. The first-order valence-electron chi connectivity index (χ1n) is 6.75. The van der Waals surface area contributed by atoms with Gasteiger partial charge in [-0.1, -0.05) is 40.2 Å². The lowest BCUT2D eigenvalue weighted by atomic mass is 9.79. The number of phenols is 1. The van der Waals surface area contributed by atoms with Crippen LogP contribution in [0.2, 0.25) is 0 Å². The number of phenolic OH excluding ortho intramolecular Hbond substituents is 1. The van der Waals surface area contributed by atoms with Crippen LogP contribution in [0.1, 0.15) is 63.6 Å². The lowest BCUT2D eigenvalue weighted by molar-refractivity contribution is 0.461. The van der Waals surface area contributed by atoms with E-state index in [-0.39, 0.29) is 5.41 Å². The van der Waals surface area contributed by atoms with Gasteiger partial charge in [0.25, 0.3) is 0 Å². The Bertz CT molecular complexity index is 377. The first-order valence-corrected chi connectivity index (χ1v) is 6.75. The molecule has 1 N–H and O–H groups in total. The van der Waals surface area contributed by atoms with E-state index in [0.29, 0.717) is 5.75 Å². The maximum Gasteiger partial charge on any atom is 0.119 e. The highest BCUT2D eigenvalue weighted by Gasteiger charge is 2.21. The fraction of sp³-hybridized carbons (Fsp3) is 0.625. The Kier molecular flexibility index (Phi) is 4.62. The second kappa shape index (κ2) is 5.57. The van der Waals surface area contributed by atoms with Crippen molar-refractivity contribution >= 4 is 0 Å². The van der Waals surface area contributed by atoms with Crippen LogP contribution in [0.4, 0.5) is 0 Å². The highest BCUT2D eigenvalue weighted by atomic mass is 16.3. The minimum atomic E-state index is 0.193. The highest BCUT2D eigenvalue weighted by molar-refractivity contribution is 5.44. The fourth-order valence-electron chi connectivity index (χ4n) is 2.22. The summed E-state index contributed by atoms with van der Waals surface area (Å²) in [5.41, 5.74) is 3.88. The Morgan fingerprint density at radius 3 is 2.35 bits per heavy atom. The lowest BCUT2D eigenvalue weighted by Gasteiger charge is -2.26. The molecule has 0 saturated heterocycles. The van der Waals surface area contributed by atoms with Gasteiger partial charge in [-0.3, -0.25) is 0 Å². The second-order valence-electron chi connectivity index (χ2n) is 5.64. The molecule has 0 atom stereocenters. The minimum Gasteiger partial charge on any atom is -0.508 e. The van der Waals surface area contributed by atoms with E-state index in [1.807, 2.05) is 6.07 Å². The van der Waals surface area contributed by atoms with Gasteiger partial charge in [0.1, 0.15) is 5.75 Å². The fourth-order valence-corrected chi connectivity index (χ4v) is 2.22. The first kappa shape index (κ1) is 14.1. The molecule has 0 aliphatic carbocycles. The van der Waals surface area contributed by atoms with Gasteiger partial charge in [-0.05, 0) is 54.4 Å². The van der Waals surface area contributed by atoms with Crippen LogP contribution in [0.3, 0.4) is 0 Å². The summed E-state index contributed by atoms with van der Waals surface area (Å²) in [5.74, 6) is 0.464. The Labute approximate surface area is 106 Å². The summed E-state index contributed by atoms with van der Waals surface area (Å²) in [4.78, 5) is 0. The summed E-state index contributed by atoms with van der Waals surface area (Å²) < 4.78 is 0. The number of aromatic hydroxyl groups is 1. The van der Waals surface area contributed by atoms with Crippen molar-refractivity contribution in [2.45, 2.75) is 65.7 Å². The quantitative estimate of drug-likeness (QED) is 0.780. The van der Waals surface area contributed by atoms with Gasteiger partial charge in [-0.25, -0.2) is 0 Å². The molecule has 1 aromatic rings. The number of unbranched alkanes of at least 4 members (excludes halogenated alkanes) is 1. The van der Waals surface area contributed by atoms with E-state index in [1.165, 1.54) is 17.5 Å². The van der Waals surface area contributed by atoms with Crippen LogP contribution < -0.4 is 0 Å². The molecule has 17 heavy (non-hydrogen) atoms. The molecule has 0 amide bonds. The van der Waals surface area contributed by atoms with Crippen molar-refractivity contribution in [3.63, 3.8) is 0 Å². The van der Waals surface area contributed by atoms with E-state index in [4.69, 9.17) is 0 Å². The van der Waals surface area contributed by atoms with Crippen molar-refractivity contribution in [3.05, 3.63) is 28.8 Å². The molecule has 1 aromatic carbocycles. The normalized spacial score (nSPS) is 11.8. The molecule has 0 bridgehead atoms. The SMILES string of the molecule is CCCCc1cc(C(C)(C)CC)c(C)cc1O. The lowest BCUT2D eigenvalue weighted by Crippen LogP contribution is -2.17. The van der Waals surface area contributed by atoms with Gasteiger partial charge >= 0.3 is 0 Å². The third-order valence-electron chi connectivity index (χ3n) is 3.84. The maximum atomic E-state index is 9.98. The van der Waals surface area contributed by atoms with Crippen LogP contribution in [-0.2, 0) is 11.8 Å². The van der Waals surface area contributed by atoms with Crippen molar-refractivity contribution in [2.75, 3.05) is 0 Å². The molecule has 0 fully saturated rings. The molecular weight excluding hydrogens is 208 g/mol. The van der Waals surface area contributed by atoms with Crippen molar-refractivity contribution < 1.29 is 5.11 Å². The van der Waals surface area contributed by atoms with Crippen LogP contribution in [0.25, 0.3) is 0 Å². The van der Waals surface area contributed by atoms with Crippen molar-refractivity contribution in [3.8, 4) is 5.75 Å². The molecule has 1 heteroatoms. The summed E-state index contributed by atoms with van der Waals surface area (Å²) in [7, 11) is 0.